The van der Waals surface area contributed by atoms with Crippen LogP contribution in [0.4, 0.5) is 0 Å². The molecule has 4 nitrogen and oxygen atoms in total. The minimum absolute atomic E-state index is 0.0743. The first-order valence-electron chi connectivity index (χ1n) is 7.21. The Morgan fingerprint density at radius 2 is 2.15 bits per heavy atom. The van der Waals surface area contributed by atoms with E-state index in [1.165, 1.54) is 11.3 Å². The maximum atomic E-state index is 12.4. The molecule has 0 spiro atoms. The van der Waals surface area contributed by atoms with E-state index in [0.29, 0.717) is 17.2 Å². The van der Waals surface area contributed by atoms with Crippen molar-refractivity contribution >= 4 is 17.2 Å². The van der Waals surface area contributed by atoms with Crippen LogP contribution in [0.5, 0.6) is 0 Å². The van der Waals surface area contributed by atoms with Gasteiger partial charge < -0.3 is 10.4 Å². The molecule has 0 saturated carbocycles. The molecule has 0 aliphatic carbocycles. The van der Waals surface area contributed by atoms with Crippen LogP contribution in [-0.4, -0.2) is 28.1 Å². The Bertz CT molecular complexity index is 457. The van der Waals surface area contributed by atoms with Crippen molar-refractivity contribution in [3.63, 3.8) is 0 Å². The fourth-order valence-electron chi connectivity index (χ4n) is 2.00. The van der Waals surface area contributed by atoms with Gasteiger partial charge in [-0.2, -0.15) is 0 Å². The lowest BCUT2D eigenvalue weighted by molar-refractivity contribution is 0.0889. The molecule has 5 heteroatoms. The summed E-state index contributed by atoms with van der Waals surface area (Å²) in [6.07, 6.45) is 2.25. The SMILES string of the molecule is CCC(C)(CCO)NC(=O)c1sc(CC(C)C)nc1C. The molecule has 0 aliphatic rings. The second-order valence-corrected chi connectivity index (χ2v) is 7.05. The molecule has 1 amide bonds. The minimum Gasteiger partial charge on any atom is -0.396 e. The number of thiazole rings is 1. The molecular weight excluding hydrogens is 272 g/mol. The van der Waals surface area contributed by atoms with Crippen LogP contribution >= 0.6 is 11.3 Å². The maximum Gasteiger partial charge on any atom is 0.263 e. The smallest absolute Gasteiger partial charge is 0.263 e. The van der Waals surface area contributed by atoms with Gasteiger partial charge in [0.1, 0.15) is 4.88 Å². The summed E-state index contributed by atoms with van der Waals surface area (Å²) in [6, 6.07) is 0. The van der Waals surface area contributed by atoms with Crippen molar-refractivity contribution in [2.45, 2.75) is 59.4 Å². The molecule has 114 valence electrons. The lowest BCUT2D eigenvalue weighted by Crippen LogP contribution is -2.46. The van der Waals surface area contributed by atoms with Crippen molar-refractivity contribution in [3.05, 3.63) is 15.6 Å². The van der Waals surface area contributed by atoms with E-state index in [9.17, 15) is 4.79 Å². The van der Waals surface area contributed by atoms with Gasteiger partial charge in [0.05, 0.1) is 10.7 Å². The molecule has 0 radical (unpaired) electrons. The zero-order valence-corrected chi connectivity index (χ0v) is 13.9. The number of hydrogen-bond acceptors (Lipinski definition) is 4. The predicted molar refractivity (Wildman–Crippen MR) is 83.3 cm³/mol. The largest absolute Gasteiger partial charge is 0.396 e. The number of nitrogens with zero attached hydrogens (tertiary/aromatic N) is 1. The molecule has 0 saturated heterocycles. The van der Waals surface area contributed by atoms with Crippen molar-refractivity contribution in [1.82, 2.24) is 10.3 Å². The summed E-state index contributed by atoms with van der Waals surface area (Å²) in [6.45, 7) is 10.2. The number of carbonyl (C=O) groups is 1. The third-order valence-corrected chi connectivity index (χ3v) is 4.67. The van der Waals surface area contributed by atoms with Gasteiger partial charge >= 0.3 is 0 Å². The highest BCUT2D eigenvalue weighted by Crippen LogP contribution is 2.22. The van der Waals surface area contributed by atoms with Crippen molar-refractivity contribution in [2.75, 3.05) is 6.61 Å². The summed E-state index contributed by atoms with van der Waals surface area (Å²) >= 11 is 1.48. The number of aromatic nitrogens is 1. The van der Waals surface area contributed by atoms with Gasteiger partial charge in [0.15, 0.2) is 0 Å². The quantitative estimate of drug-likeness (QED) is 0.813. The topological polar surface area (TPSA) is 62.2 Å². The number of aliphatic hydroxyl groups is 1. The van der Waals surface area contributed by atoms with Crippen LogP contribution in [-0.2, 0) is 6.42 Å². The number of aryl methyl sites for hydroxylation is 1. The van der Waals surface area contributed by atoms with E-state index in [4.69, 9.17) is 5.11 Å². The maximum absolute atomic E-state index is 12.4. The number of rotatable bonds is 7. The zero-order valence-electron chi connectivity index (χ0n) is 13.1. The third kappa shape index (κ3) is 4.56. The van der Waals surface area contributed by atoms with Crippen molar-refractivity contribution in [2.24, 2.45) is 5.92 Å². The van der Waals surface area contributed by atoms with Crippen LogP contribution in [0.1, 0.15) is 60.9 Å². The summed E-state index contributed by atoms with van der Waals surface area (Å²) < 4.78 is 0. The molecule has 1 rings (SSSR count). The molecule has 1 aromatic rings. The number of amides is 1. The molecule has 20 heavy (non-hydrogen) atoms. The monoisotopic (exact) mass is 298 g/mol. The third-order valence-electron chi connectivity index (χ3n) is 3.49. The summed E-state index contributed by atoms with van der Waals surface area (Å²) in [4.78, 5) is 17.6. The van der Waals surface area contributed by atoms with Gasteiger partial charge in [-0.15, -0.1) is 11.3 Å². The van der Waals surface area contributed by atoms with E-state index in [1.54, 1.807) is 0 Å². The van der Waals surface area contributed by atoms with E-state index in [0.717, 1.165) is 23.5 Å². The van der Waals surface area contributed by atoms with Gasteiger partial charge in [0, 0.05) is 18.6 Å². The Morgan fingerprint density at radius 3 is 2.65 bits per heavy atom. The van der Waals surface area contributed by atoms with E-state index >= 15 is 0 Å². The van der Waals surface area contributed by atoms with Crippen LogP contribution in [0.25, 0.3) is 0 Å². The second kappa shape index (κ2) is 7.18. The minimum atomic E-state index is -0.361. The molecule has 0 bridgehead atoms. The molecule has 1 atom stereocenters. The first kappa shape index (κ1) is 17.1. The lowest BCUT2D eigenvalue weighted by atomic mass is 9.95. The summed E-state index contributed by atoms with van der Waals surface area (Å²) in [5.74, 6) is 0.458. The fourth-order valence-corrected chi connectivity index (χ4v) is 3.18. The number of hydrogen-bond donors (Lipinski definition) is 2. The standard InChI is InChI=1S/C15H26N2O2S/c1-6-15(5,7-8-18)17-14(19)13-11(4)16-12(20-13)9-10(2)3/h10,18H,6-9H2,1-5H3,(H,17,19). The molecule has 2 N–H and O–H groups in total. The first-order chi connectivity index (χ1) is 9.31. The van der Waals surface area contributed by atoms with E-state index in [-0.39, 0.29) is 18.1 Å². The Morgan fingerprint density at radius 1 is 1.50 bits per heavy atom. The predicted octanol–water partition coefficient (Wildman–Crippen LogP) is 2.93. The van der Waals surface area contributed by atoms with Gasteiger partial charge in [-0.05, 0) is 32.6 Å². The van der Waals surface area contributed by atoms with Gasteiger partial charge in [0.25, 0.3) is 5.91 Å². The molecule has 0 aliphatic heterocycles. The average Bonchev–Trinajstić information content (AvgIpc) is 2.69. The zero-order chi connectivity index (χ0) is 15.3. The average molecular weight is 298 g/mol. The van der Waals surface area contributed by atoms with Crippen molar-refractivity contribution in [1.29, 1.82) is 0 Å². The van der Waals surface area contributed by atoms with E-state index in [2.05, 4.69) is 24.1 Å². The summed E-state index contributed by atoms with van der Waals surface area (Å²) in [7, 11) is 0. The molecule has 0 aromatic carbocycles. The molecular formula is C15H26N2O2S. The van der Waals surface area contributed by atoms with Crippen molar-refractivity contribution < 1.29 is 9.90 Å². The van der Waals surface area contributed by atoms with Crippen LogP contribution in [0.15, 0.2) is 0 Å². The van der Waals surface area contributed by atoms with Gasteiger partial charge in [-0.1, -0.05) is 20.8 Å². The Kier molecular flexibility index (Phi) is 6.14. The number of nitrogens with one attached hydrogen (secondary N) is 1. The normalized spacial score (nSPS) is 14.3. The second-order valence-electron chi connectivity index (χ2n) is 5.96. The van der Waals surface area contributed by atoms with E-state index < -0.39 is 0 Å². The summed E-state index contributed by atoms with van der Waals surface area (Å²) in [5, 5.41) is 13.2. The molecule has 1 aromatic heterocycles. The first-order valence-corrected chi connectivity index (χ1v) is 8.02. The Hall–Kier alpha value is -0.940. The highest BCUT2D eigenvalue weighted by molar-refractivity contribution is 7.13. The number of carbonyl (C=O) groups excluding carboxylic acids is 1. The van der Waals surface area contributed by atoms with Crippen LogP contribution in [0.2, 0.25) is 0 Å². The van der Waals surface area contributed by atoms with Gasteiger partial charge in [-0.25, -0.2) is 4.98 Å². The molecule has 1 unspecified atom stereocenters. The van der Waals surface area contributed by atoms with Gasteiger partial charge in [-0.3, -0.25) is 4.79 Å². The van der Waals surface area contributed by atoms with Crippen LogP contribution in [0.3, 0.4) is 0 Å². The van der Waals surface area contributed by atoms with E-state index in [1.807, 2.05) is 20.8 Å². The van der Waals surface area contributed by atoms with Crippen LogP contribution in [0, 0.1) is 12.8 Å². The highest BCUT2D eigenvalue weighted by Gasteiger charge is 2.26. The molecule has 1 heterocycles. The highest BCUT2D eigenvalue weighted by atomic mass is 32.1. The van der Waals surface area contributed by atoms with Crippen molar-refractivity contribution in [3.8, 4) is 0 Å². The fraction of sp³-hybridized carbons (Fsp3) is 0.733. The lowest BCUT2D eigenvalue weighted by Gasteiger charge is -2.28. The number of aliphatic hydroxyl groups excluding tert-OH is 1. The van der Waals surface area contributed by atoms with Gasteiger partial charge in [0.2, 0.25) is 0 Å². The van der Waals surface area contributed by atoms with Crippen LogP contribution < -0.4 is 5.32 Å². The Balaban J connectivity index is 2.84. The molecule has 0 fully saturated rings. The Labute approximate surface area is 125 Å². The summed E-state index contributed by atoms with van der Waals surface area (Å²) in [5.41, 5.74) is 0.436.